The number of benzene rings is 1. The Morgan fingerprint density at radius 2 is 2.29 bits per heavy atom. The maximum absolute atomic E-state index is 10.8. The van der Waals surface area contributed by atoms with Crippen LogP contribution in [0.5, 0.6) is 5.75 Å². The zero-order chi connectivity index (χ0) is 13.0. The third-order valence-electron chi connectivity index (χ3n) is 2.16. The Labute approximate surface area is 102 Å². The van der Waals surface area contributed by atoms with E-state index in [0.717, 1.165) is 0 Å². The Morgan fingerprint density at radius 1 is 1.65 bits per heavy atom. The van der Waals surface area contributed by atoms with Crippen molar-refractivity contribution in [3.63, 3.8) is 0 Å². The zero-order valence-electron chi connectivity index (χ0n) is 9.05. The molecule has 0 fully saturated rings. The fraction of sp³-hybridized carbons (Fsp3) is 0.300. The average Bonchev–Trinajstić information content (AvgIpc) is 2.28. The van der Waals surface area contributed by atoms with Gasteiger partial charge in [0.05, 0.1) is 12.0 Å². The molecule has 0 aliphatic heterocycles. The molecular weight excluding hydrogens is 248 g/mol. The largest absolute Gasteiger partial charge is 0.490 e. The van der Waals surface area contributed by atoms with Gasteiger partial charge >= 0.3 is 5.69 Å². The van der Waals surface area contributed by atoms with Gasteiger partial charge in [0.15, 0.2) is 5.75 Å². The van der Waals surface area contributed by atoms with Crippen LogP contribution in [-0.2, 0) is 11.2 Å². The molecule has 92 valence electrons. The minimum atomic E-state index is -0.886. The second kappa shape index (κ2) is 5.49. The number of nitrogens with two attached hydrogens (primary N) is 1. The van der Waals surface area contributed by atoms with Crippen molar-refractivity contribution in [1.82, 2.24) is 0 Å². The molecule has 0 bridgehead atoms. The predicted molar refractivity (Wildman–Crippen MR) is 62.2 cm³/mol. The van der Waals surface area contributed by atoms with Crippen molar-refractivity contribution in [2.24, 2.45) is 5.73 Å². The van der Waals surface area contributed by atoms with Crippen LogP contribution in [0.15, 0.2) is 18.2 Å². The molecule has 1 amide bonds. The van der Waals surface area contributed by atoms with Gasteiger partial charge in [-0.3, -0.25) is 14.9 Å². The van der Waals surface area contributed by atoms with Crippen molar-refractivity contribution in [2.45, 2.75) is 11.8 Å². The van der Waals surface area contributed by atoms with Crippen LogP contribution in [-0.4, -0.2) is 23.3 Å². The first-order valence-electron chi connectivity index (χ1n) is 4.70. The smallest absolute Gasteiger partial charge is 0.311 e. The van der Waals surface area contributed by atoms with E-state index >= 15 is 0 Å². The van der Waals surface area contributed by atoms with Crippen LogP contribution < -0.4 is 10.5 Å². The van der Waals surface area contributed by atoms with Gasteiger partial charge in [-0.25, -0.2) is 0 Å². The lowest BCUT2D eigenvalue weighted by molar-refractivity contribution is -0.385. The number of carbonyl (C=O) groups is 1. The SMILES string of the molecule is COc1ccc(CC(Cl)C(N)=O)cc1[N+](=O)[O-]. The standard InChI is InChI=1S/C10H11ClN2O4/c1-17-9-3-2-6(4-7(11)10(12)14)5-8(9)13(15)16/h2-3,5,7H,4H2,1H3,(H2,12,14). The molecule has 1 unspecified atom stereocenters. The van der Waals surface area contributed by atoms with Gasteiger partial charge in [-0.05, 0) is 18.1 Å². The molecule has 0 heterocycles. The second-order valence-corrected chi connectivity index (χ2v) is 3.86. The third kappa shape index (κ3) is 3.32. The molecule has 0 radical (unpaired) electrons. The van der Waals surface area contributed by atoms with Gasteiger partial charge in [0.1, 0.15) is 5.38 Å². The van der Waals surface area contributed by atoms with Crippen LogP contribution in [0.25, 0.3) is 0 Å². The predicted octanol–water partition coefficient (Wildman–Crippen LogP) is 1.24. The molecule has 6 nitrogen and oxygen atoms in total. The molecular formula is C10H11ClN2O4. The van der Waals surface area contributed by atoms with Crippen molar-refractivity contribution in [3.05, 3.63) is 33.9 Å². The molecule has 0 aromatic heterocycles. The molecule has 0 aliphatic carbocycles. The number of nitro benzene ring substituents is 1. The number of methoxy groups -OCH3 is 1. The van der Waals surface area contributed by atoms with Gasteiger partial charge in [0.2, 0.25) is 5.91 Å². The number of amides is 1. The van der Waals surface area contributed by atoms with Gasteiger partial charge in [-0.1, -0.05) is 6.07 Å². The van der Waals surface area contributed by atoms with Crippen molar-refractivity contribution in [3.8, 4) is 5.75 Å². The lowest BCUT2D eigenvalue weighted by atomic mass is 10.1. The summed E-state index contributed by atoms with van der Waals surface area (Å²) in [6.07, 6.45) is 0.141. The Hall–Kier alpha value is -1.82. The Morgan fingerprint density at radius 3 is 2.76 bits per heavy atom. The Bertz CT molecular complexity index is 450. The fourth-order valence-corrected chi connectivity index (χ4v) is 1.49. The van der Waals surface area contributed by atoms with E-state index in [4.69, 9.17) is 22.1 Å². The number of ether oxygens (including phenoxy) is 1. The second-order valence-electron chi connectivity index (χ2n) is 3.34. The maximum Gasteiger partial charge on any atom is 0.311 e. The zero-order valence-corrected chi connectivity index (χ0v) is 9.81. The molecule has 2 N–H and O–H groups in total. The van der Waals surface area contributed by atoms with E-state index in [1.54, 1.807) is 6.07 Å². The van der Waals surface area contributed by atoms with Gasteiger partial charge in [0, 0.05) is 6.07 Å². The van der Waals surface area contributed by atoms with Gasteiger partial charge < -0.3 is 10.5 Å². The average molecular weight is 259 g/mol. The fourth-order valence-electron chi connectivity index (χ4n) is 1.31. The highest BCUT2D eigenvalue weighted by Crippen LogP contribution is 2.28. The number of alkyl halides is 1. The molecule has 0 saturated carbocycles. The molecule has 1 aromatic carbocycles. The molecule has 0 aliphatic rings. The van der Waals surface area contributed by atoms with E-state index in [1.165, 1.54) is 19.2 Å². The number of primary amides is 1. The normalized spacial score (nSPS) is 11.9. The molecule has 1 atom stereocenters. The summed E-state index contributed by atoms with van der Waals surface area (Å²) in [6.45, 7) is 0. The van der Waals surface area contributed by atoms with E-state index in [9.17, 15) is 14.9 Å². The highest BCUT2D eigenvalue weighted by molar-refractivity contribution is 6.30. The summed E-state index contributed by atoms with van der Waals surface area (Å²) in [4.78, 5) is 21.0. The first kappa shape index (κ1) is 13.2. The first-order valence-corrected chi connectivity index (χ1v) is 5.14. The molecule has 7 heteroatoms. The lowest BCUT2D eigenvalue weighted by Gasteiger charge is -2.07. The molecule has 1 aromatic rings. The quantitative estimate of drug-likeness (QED) is 0.488. The number of halogens is 1. The first-order chi connectivity index (χ1) is 7.95. The topological polar surface area (TPSA) is 95.5 Å². The summed E-state index contributed by atoms with van der Waals surface area (Å²) in [5.74, 6) is -0.505. The van der Waals surface area contributed by atoms with Crippen LogP contribution in [0, 0.1) is 10.1 Å². The highest BCUT2D eigenvalue weighted by atomic mass is 35.5. The molecule has 1 rings (SSSR count). The number of nitro groups is 1. The number of rotatable bonds is 5. The van der Waals surface area contributed by atoms with E-state index in [1.807, 2.05) is 0 Å². The van der Waals surface area contributed by atoms with Crippen LogP contribution in [0.3, 0.4) is 0 Å². The summed E-state index contributed by atoms with van der Waals surface area (Å²) in [7, 11) is 1.34. The summed E-state index contributed by atoms with van der Waals surface area (Å²) in [5.41, 5.74) is 5.39. The van der Waals surface area contributed by atoms with Gasteiger partial charge in [-0.15, -0.1) is 11.6 Å². The minimum Gasteiger partial charge on any atom is -0.490 e. The number of nitrogens with zero attached hydrogens (tertiary/aromatic N) is 1. The van der Waals surface area contributed by atoms with Crippen LogP contribution >= 0.6 is 11.6 Å². The lowest BCUT2D eigenvalue weighted by Crippen LogP contribution is -2.25. The van der Waals surface area contributed by atoms with Crippen LogP contribution in [0.4, 0.5) is 5.69 Å². The monoisotopic (exact) mass is 258 g/mol. The van der Waals surface area contributed by atoms with E-state index in [2.05, 4.69) is 0 Å². The number of carbonyl (C=O) groups excluding carboxylic acids is 1. The van der Waals surface area contributed by atoms with Crippen LogP contribution in [0.1, 0.15) is 5.56 Å². The van der Waals surface area contributed by atoms with Crippen molar-refractivity contribution in [2.75, 3.05) is 7.11 Å². The van der Waals surface area contributed by atoms with E-state index in [0.29, 0.717) is 5.56 Å². The highest BCUT2D eigenvalue weighted by Gasteiger charge is 2.18. The van der Waals surface area contributed by atoms with E-state index < -0.39 is 16.2 Å². The Balaban J connectivity index is 3.00. The molecule has 0 spiro atoms. The summed E-state index contributed by atoms with van der Waals surface area (Å²) < 4.78 is 4.85. The summed E-state index contributed by atoms with van der Waals surface area (Å²) in [6, 6.07) is 4.37. The molecule has 17 heavy (non-hydrogen) atoms. The minimum absolute atomic E-state index is 0.141. The van der Waals surface area contributed by atoms with Gasteiger partial charge in [0.25, 0.3) is 0 Å². The summed E-state index contributed by atoms with van der Waals surface area (Å²) in [5, 5.41) is 9.87. The van der Waals surface area contributed by atoms with Crippen molar-refractivity contribution < 1.29 is 14.5 Å². The number of hydrogen-bond acceptors (Lipinski definition) is 4. The van der Waals surface area contributed by atoms with Crippen molar-refractivity contribution >= 4 is 23.2 Å². The van der Waals surface area contributed by atoms with Gasteiger partial charge in [-0.2, -0.15) is 0 Å². The van der Waals surface area contributed by atoms with E-state index in [-0.39, 0.29) is 17.9 Å². The third-order valence-corrected chi connectivity index (χ3v) is 2.53. The number of hydrogen-bond donors (Lipinski definition) is 1. The van der Waals surface area contributed by atoms with Crippen molar-refractivity contribution in [1.29, 1.82) is 0 Å². The van der Waals surface area contributed by atoms with Crippen LogP contribution in [0.2, 0.25) is 0 Å². The summed E-state index contributed by atoms with van der Waals surface area (Å²) >= 11 is 5.68. The maximum atomic E-state index is 10.8. The molecule has 0 saturated heterocycles. The Kier molecular flexibility index (Phi) is 4.28.